The minimum atomic E-state index is -3.62. The fourth-order valence-corrected chi connectivity index (χ4v) is 3.88. The first-order chi connectivity index (χ1) is 8.32. The highest BCUT2D eigenvalue weighted by atomic mass is 32.2. The maximum atomic E-state index is 12.2. The minimum absolute atomic E-state index is 0.269. The number of carboxylic acid groups (broad SMARTS) is 1. The standard InChI is InChI=1S/C11H21NO5S/c1-3-6-11(2,10(13)14)12-18(15,16)9-4-7-17-8-5-9/h9,12H,3-8H2,1-2H3,(H,13,14). The van der Waals surface area contributed by atoms with Crippen molar-refractivity contribution >= 4 is 16.0 Å². The number of nitrogens with one attached hydrogen (secondary N) is 1. The zero-order chi connectivity index (χ0) is 13.8. The molecular weight excluding hydrogens is 258 g/mol. The molecule has 0 aromatic rings. The molecule has 106 valence electrons. The van der Waals surface area contributed by atoms with Gasteiger partial charge >= 0.3 is 5.97 Å². The molecule has 7 heteroatoms. The fraction of sp³-hybridized carbons (Fsp3) is 0.909. The maximum Gasteiger partial charge on any atom is 0.324 e. The van der Waals surface area contributed by atoms with Gasteiger partial charge in [0.05, 0.1) is 5.25 Å². The van der Waals surface area contributed by atoms with Crippen LogP contribution in [0.1, 0.15) is 39.5 Å². The van der Waals surface area contributed by atoms with E-state index in [1.54, 1.807) is 0 Å². The smallest absolute Gasteiger partial charge is 0.324 e. The summed E-state index contributed by atoms with van der Waals surface area (Å²) in [7, 11) is -3.62. The van der Waals surface area contributed by atoms with E-state index in [-0.39, 0.29) is 6.42 Å². The Morgan fingerprint density at radius 2 is 2.00 bits per heavy atom. The van der Waals surface area contributed by atoms with Crippen LogP contribution < -0.4 is 4.72 Å². The van der Waals surface area contributed by atoms with Crippen LogP contribution in [-0.2, 0) is 19.6 Å². The summed E-state index contributed by atoms with van der Waals surface area (Å²) in [5.74, 6) is -1.14. The lowest BCUT2D eigenvalue weighted by atomic mass is 9.98. The third kappa shape index (κ3) is 3.66. The molecule has 6 nitrogen and oxygen atoms in total. The van der Waals surface area contributed by atoms with Gasteiger partial charge in [0.1, 0.15) is 5.54 Å². The van der Waals surface area contributed by atoms with Crippen molar-refractivity contribution in [3.05, 3.63) is 0 Å². The van der Waals surface area contributed by atoms with Crippen molar-refractivity contribution in [2.45, 2.75) is 50.3 Å². The lowest BCUT2D eigenvalue weighted by Crippen LogP contribution is -2.55. The molecule has 18 heavy (non-hydrogen) atoms. The van der Waals surface area contributed by atoms with E-state index < -0.39 is 26.8 Å². The van der Waals surface area contributed by atoms with E-state index in [4.69, 9.17) is 4.74 Å². The van der Waals surface area contributed by atoms with Crippen LogP contribution in [0, 0.1) is 0 Å². The van der Waals surface area contributed by atoms with E-state index in [9.17, 15) is 18.3 Å². The van der Waals surface area contributed by atoms with Gasteiger partial charge < -0.3 is 9.84 Å². The van der Waals surface area contributed by atoms with Gasteiger partial charge in [0, 0.05) is 13.2 Å². The molecule has 1 unspecified atom stereocenters. The number of hydrogen-bond donors (Lipinski definition) is 2. The number of rotatable bonds is 6. The van der Waals surface area contributed by atoms with Crippen LogP contribution in [0.25, 0.3) is 0 Å². The highest BCUT2D eigenvalue weighted by Gasteiger charge is 2.39. The Morgan fingerprint density at radius 1 is 1.44 bits per heavy atom. The summed E-state index contributed by atoms with van der Waals surface area (Å²) in [4.78, 5) is 11.2. The van der Waals surface area contributed by atoms with E-state index in [0.29, 0.717) is 32.5 Å². The van der Waals surface area contributed by atoms with Gasteiger partial charge in [0.25, 0.3) is 0 Å². The van der Waals surface area contributed by atoms with E-state index in [1.807, 2.05) is 6.92 Å². The summed E-state index contributed by atoms with van der Waals surface area (Å²) in [5.41, 5.74) is -1.42. The average molecular weight is 279 g/mol. The second-order valence-corrected chi connectivity index (χ2v) is 6.81. The van der Waals surface area contributed by atoms with Crippen molar-refractivity contribution in [2.75, 3.05) is 13.2 Å². The Balaban J connectivity index is 2.81. The molecule has 1 aliphatic heterocycles. The van der Waals surface area contributed by atoms with Gasteiger partial charge in [-0.1, -0.05) is 13.3 Å². The molecule has 0 aromatic carbocycles. The first kappa shape index (κ1) is 15.4. The molecule has 1 fully saturated rings. The molecule has 0 amide bonds. The van der Waals surface area contributed by atoms with Gasteiger partial charge in [-0.2, -0.15) is 4.72 Å². The third-order valence-electron chi connectivity index (χ3n) is 3.20. The number of aliphatic carboxylic acids is 1. The highest BCUT2D eigenvalue weighted by Crippen LogP contribution is 2.20. The van der Waals surface area contributed by atoms with Crippen LogP contribution in [0.15, 0.2) is 0 Å². The lowest BCUT2D eigenvalue weighted by molar-refractivity contribution is -0.143. The Bertz CT molecular complexity index is 388. The molecular formula is C11H21NO5S. The topological polar surface area (TPSA) is 92.7 Å². The summed E-state index contributed by atoms with van der Waals surface area (Å²) in [6.07, 6.45) is 1.69. The van der Waals surface area contributed by atoms with Crippen LogP contribution in [0.5, 0.6) is 0 Å². The quantitative estimate of drug-likeness (QED) is 0.747. The molecule has 1 heterocycles. The average Bonchev–Trinajstić information content (AvgIpc) is 2.29. The van der Waals surface area contributed by atoms with Crippen LogP contribution in [0.4, 0.5) is 0 Å². The molecule has 0 spiro atoms. The number of carboxylic acids is 1. The van der Waals surface area contributed by atoms with Crippen molar-refractivity contribution in [1.29, 1.82) is 0 Å². The van der Waals surface area contributed by atoms with Gasteiger partial charge in [-0.25, -0.2) is 8.42 Å². The summed E-state index contributed by atoms with van der Waals surface area (Å²) in [6, 6.07) is 0. The van der Waals surface area contributed by atoms with Crippen LogP contribution >= 0.6 is 0 Å². The zero-order valence-electron chi connectivity index (χ0n) is 10.8. The number of carbonyl (C=O) groups is 1. The largest absolute Gasteiger partial charge is 0.480 e. The summed E-state index contributed by atoms with van der Waals surface area (Å²) in [5, 5.41) is 8.62. The van der Waals surface area contributed by atoms with Crippen molar-refractivity contribution in [2.24, 2.45) is 0 Å². The van der Waals surface area contributed by atoms with E-state index in [2.05, 4.69) is 4.72 Å². The summed E-state index contributed by atoms with van der Waals surface area (Å²) >= 11 is 0. The van der Waals surface area contributed by atoms with Gasteiger partial charge in [0.15, 0.2) is 0 Å². The molecule has 0 radical (unpaired) electrons. The van der Waals surface area contributed by atoms with Gasteiger partial charge in [-0.3, -0.25) is 4.79 Å². The highest BCUT2D eigenvalue weighted by molar-refractivity contribution is 7.90. The first-order valence-electron chi connectivity index (χ1n) is 6.16. The molecule has 0 aliphatic carbocycles. The van der Waals surface area contributed by atoms with Crippen LogP contribution in [-0.4, -0.2) is 43.5 Å². The number of hydrogen-bond acceptors (Lipinski definition) is 4. The van der Waals surface area contributed by atoms with Gasteiger partial charge in [0.2, 0.25) is 10.0 Å². The molecule has 0 aromatic heterocycles. The Morgan fingerprint density at radius 3 is 2.44 bits per heavy atom. The minimum Gasteiger partial charge on any atom is -0.480 e. The lowest BCUT2D eigenvalue weighted by Gasteiger charge is -2.29. The number of sulfonamides is 1. The van der Waals surface area contributed by atoms with E-state index >= 15 is 0 Å². The molecule has 0 bridgehead atoms. The number of ether oxygens (including phenoxy) is 1. The van der Waals surface area contributed by atoms with Crippen molar-refractivity contribution in [1.82, 2.24) is 4.72 Å². The van der Waals surface area contributed by atoms with Crippen molar-refractivity contribution < 1.29 is 23.1 Å². The van der Waals surface area contributed by atoms with Gasteiger partial charge in [-0.15, -0.1) is 0 Å². The zero-order valence-corrected chi connectivity index (χ0v) is 11.6. The monoisotopic (exact) mass is 279 g/mol. The predicted octanol–water partition coefficient (Wildman–Crippen LogP) is 0.728. The Hall–Kier alpha value is -0.660. The van der Waals surface area contributed by atoms with Crippen molar-refractivity contribution in [3.63, 3.8) is 0 Å². The van der Waals surface area contributed by atoms with Crippen LogP contribution in [0.3, 0.4) is 0 Å². The predicted molar refractivity (Wildman–Crippen MR) is 66.8 cm³/mol. The second-order valence-electron chi connectivity index (χ2n) is 4.85. The van der Waals surface area contributed by atoms with E-state index in [1.165, 1.54) is 6.92 Å². The first-order valence-corrected chi connectivity index (χ1v) is 7.70. The Kier molecular flexibility index (Phi) is 5.12. The molecule has 1 rings (SSSR count). The molecule has 2 N–H and O–H groups in total. The SMILES string of the molecule is CCCC(C)(NS(=O)(=O)C1CCOCC1)C(=O)O. The normalized spacial score (nSPS) is 21.4. The molecule has 1 aliphatic rings. The molecule has 1 saturated heterocycles. The maximum absolute atomic E-state index is 12.2. The third-order valence-corrected chi connectivity index (χ3v) is 5.28. The Labute approximate surface area is 108 Å². The molecule has 0 saturated carbocycles. The van der Waals surface area contributed by atoms with Gasteiger partial charge in [-0.05, 0) is 26.2 Å². The van der Waals surface area contributed by atoms with E-state index in [0.717, 1.165) is 0 Å². The summed E-state index contributed by atoms with van der Waals surface area (Å²) < 4.78 is 31.8. The fourth-order valence-electron chi connectivity index (χ4n) is 2.09. The summed E-state index contributed by atoms with van der Waals surface area (Å²) in [6.45, 7) is 4.05. The van der Waals surface area contributed by atoms with Crippen LogP contribution in [0.2, 0.25) is 0 Å². The van der Waals surface area contributed by atoms with Crippen molar-refractivity contribution in [3.8, 4) is 0 Å². The molecule has 1 atom stereocenters. The second kappa shape index (κ2) is 5.99.